The molecule has 0 aliphatic carbocycles. The summed E-state index contributed by atoms with van der Waals surface area (Å²) in [6.45, 7) is 7.01. The third-order valence-corrected chi connectivity index (χ3v) is 4.35. The van der Waals surface area contributed by atoms with Gasteiger partial charge >= 0.3 is 0 Å². The molecular formula is C18H25N3O. The van der Waals surface area contributed by atoms with Gasteiger partial charge in [-0.15, -0.1) is 0 Å². The van der Waals surface area contributed by atoms with Crippen molar-refractivity contribution in [2.45, 2.75) is 39.0 Å². The molecule has 4 nitrogen and oxygen atoms in total. The maximum Gasteiger partial charge on any atom is 0.0702 e. The molecule has 2 aromatic rings. The van der Waals surface area contributed by atoms with Gasteiger partial charge < -0.3 is 4.74 Å². The Morgan fingerprint density at radius 2 is 2.23 bits per heavy atom. The molecule has 1 saturated heterocycles. The van der Waals surface area contributed by atoms with Crippen LogP contribution in [0.5, 0.6) is 0 Å². The number of ether oxygens (including phenoxy) is 1. The highest BCUT2D eigenvalue weighted by molar-refractivity contribution is 5.25. The van der Waals surface area contributed by atoms with Crippen LogP contribution in [0.1, 0.15) is 24.0 Å². The molecule has 1 aliphatic rings. The molecule has 0 radical (unpaired) electrons. The Balaban J connectivity index is 1.63. The minimum Gasteiger partial charge on any atom is -0.377 e. The van der Waals surface area contributed by atoms with E-state index in [4.69, 9.17) is 4.74 Å². The Labute approximate surface area is 132 Å². The van der Waals surface area contributed by atoms with Crippen molar-refractivity contribution in [3.63, 3.8) is 0 Å². The van der Waals surface area contributed by atoms with Crippen LogP contribution in [0.15, 0.2) is 42.7 Å². The van der Waals surface area contributed by atoms with Gasteiger partial charge in [-0.25, -0.2) is 0 Å². The lowest BCUT2D eigenvalue weighted by Crippen LogP contribution is -2.34. The lowest BCUT2D eigenvalue weighted by atomic mass is 10.1. The van der Waals surface area contributed by atoms with Gasteiger partial charge in [0.15, 0.2) is 0 Å². The third-order valence-electron chi connectivity index (χ3n) is 4.35. The molecule has 1 unspecified atom stereocenters. The Kier molecular flexibility index (Phi) is 5.24. The van der Waals surface area contributed by atoms with E-state index in [-0.39, 0.29) is 0 Å². The summed E-state index contributed by atoms with van der Waals surface area (Å²) in [6, 6.07) is 10.6. The first-order valence-electron chi connectivity index (χ1n) is 8.17. The normalized spacial score (nSPS) is 18.2. The molecule has 0 bridgehead atoms. The van der Waals surface area contributed by atoms with Gasteiger partial charge in [0.25, 0.3) is 0 Å². The highest BCUT2D eigenvalue weighted by Crippen LogP contribution is 2.16. The van der Waals surface area contributed by atoms with Crippen LogP contribution in [0.3, 0.4) is 0 Å². The molecule has 3 rings (SSSR count). The third kappa shape index (κ3) is 4.18. The summed E-state index contributed by atoms with van der Waals surface area (Å²) in [6.07, 6.45) is 6.64. The Morgan fingerprint density at radius 1 is 1.32 bits per heavy atom. The van der Waals surface area contributed by atoms with Crippen LogP contribution in [0, 0.1) is 6.92 Å². The molecule has 1 aliphatic heterocycles. The minimum atomic E-state index is 0.390. The van der Waals surface area contributed by atoms with Crippen molar-refractivity contribution in [1.29, 1.82) is 0 Å². The van der Waals surface area contributed by atoms with Crippen LogP contribution in [0.4, 0.5) is 0 Å². The maximum atomic E-state index is 5.82. The fourth-order valence-electron chi connectivity index (χ4n) is 3.02. The molecule has 0 N–H and O–H groups in total. The van der Waals surface area contributed by atoms with Crippen molar-refractivity contribution < 1.29 is 4.74 Å². The first-order chi connectivity index (χ1) is 10.8. The minimum absolute atomic E-state index is 0.390. The van der Waals surface area contributed by atoms with E-state index in [0.29, 0.717) is 6.10 Å². The van der Waals surface area contributed by atoms with Gasteiger partial charge in [0, 0.05) is 38.6 Å². The van der Waals surface area contributed by atoms with Gasteiger partial charge in [-0.05, 0) is 37.0 Å². The summed E-state index contributed by atoms with van der Waals surface area (Å²) in [7, 11) is 0. The zero-order valence-corrected chi connectivity index (χ0v) is 13.3. The standard InChI is InChI=1S/C18H25N3O/c1-16-6-2-3-7-17(16)14-20(15-18-8-4-13-22-18)11-12-21-10-5-9-19-21/h2-3,5-7,9-10,18H,4,8,11-15H2,1H3. The summed E-state index contributed by atoms with van der Waals surface area (Å²) in [5, 5.41) is 4.30. The highest BCUT2D eigenvalue weighted by atomic mass is 16.5. The van der Waals surface area contributed by atoms with Crippen LogP contribution in [-0.2, 0) is 17.8 Å². The highest BCUT2D eigenvalue weighted by Gasteiger charge is 2.19. The van der Waals surface area contributed by atoms with Crippen LogP contribution in [0.2, 0.25) is 0 Å². The quantitative estimate of drug-likeness (QED) is 0.787. The van der Waals surface area contributed by atoms with Crippen LogP contribution in [-0.4, -0.2) is 40.5 Å². The van der Waals surface area contributed by atoms with Crippen molar-refractivity contribution in [3.8, 4) is 0 Å². The molecule has 0 amide bonds. The summed E-state index contributed by atoms with van der Waals surface area (Å²) in [4.78, 5) is 2.50. The fourth-order valence-corrected chi connectivity index (χ4v) is 3.02. The summed E-state index contributed by atoms with van der Waals surface area (Å²) in [5.41, 5.74) is 2.76. The number of benzene rings is 1. The van der Waals surface area contributed by atoms with E-state index in [9.17, 15) is 0 Å². The number of hydrogen-bond acceptors (Lipinski definition) is 3. The van der Waals surface area contributed by atoms with Gasteiger partial charge in [0.1, 0.15) is 0 Å². The topological polar surface area (TPSA) is 30.3 Å². The second-order valence-electron chi connectivity index (χ2n) is 6.07. The van der Waals surface area contributed by atoms with Crippen molar-refractivity contribution in [1.82, 2.24) is 14.7 Å². The average Bonchev–Trinajstić information content (AvgIpc) is 3.20. The number of nitrogens with zero attached hydrogens (tertiary/aromatic N) is 3. The predicted octanol–water partition coefficient (Wildman–Crippen LogP) is 2.87. The molecule has 0 saturated carbocycles. The van der Waals surface area contributed by atoms with E-state index in [2.05, 4.69) is 41.2 Å². The zero-order chi connectivity index (χ0) is 15.2. The molecule has 0 spiro atoms. The number of aryl methyl sites for hydroxylation is 1. The molecule has 1 fully saturated rings. The van der Waals surface area contributed by atoms with Crippen LogP contribution in [0.25, 0.3) is 0 Å². The van der Waals surface area contributed by atoms with Crippen molar-refractivity contribution in [3.05, 3.63) is 53.9 Å². The summed E-state index contributed by atoms with van der Waals surface area (Å²) < 4.78 is 7.82. The van der Waals surface area contributed by atoms with Gasteiger partial charge in [0.05, 0.1) is 12.6 Å². The van der Waals surface area contributed by atoms with E-state index in [1.807, 2.05) is 23.1 Å². The average molecular weight is 299 g/mol. The molecular weight excluding hydrogens is 274 g/mol. The molecule has 1 atom stereocenters. The van der Waals surface area contributed by atoms with Crippen LogP contribution >= 0.6 is 0 Å². The molecule has 4 heteroatoms. The molecule has 1 aromatic carbocycles. The van der Waals surface area contributed by atoms with E-state index in [1.54, 1.807) is 0 Å². The Bertz CT molecular complexity index is 561. The van der Waals surface area contributed by atoms with Gasteiger partial charge in [-0.1, -0.05) is 24.3 Å². The maximum absolute atomic E-state index is 5.82. The largest absolute Gasteiger partial charge is 0.377 e. The SMILES string of the molecule is Cc1ccccc1CN(CCn1cccn1)CC1CCCO1. The molecule has 2 heterocycles. The Morgan fingerprint density at radius 3 is 2.95 bits per heavy atom. The van der Waals surface area contributed by atoms with Crippen LogP contribution < -0.4 is 0 Å². The Hall–Kier alpha value is -1.65. The zero-order valence-electron chi connectivity index (χ0n) is 13.3. The number of aromatic nitrogens is 2. The van der Waals surface area contributed by atoms with Crippen molar-refractivity contribution >= 4 is 0 Å². The lowest BCUT2D eigenvalue weighted by Gasteiger charge is -2.26. The van der Waals surface area contributed by atoms with Gasteiger partial charge in [-0.3, -0.25) is 9.58 Å². The second kappa shape index (κ2) is 7.56. The van der Waals surface area contributed by atoms with E-state index in [0.717, 1.165) is 32.8 Å². The fraction of sp³-hybridized carbons (Fsp3) is 0.500. The number of hydrogen-bond donors (Lipinski definition) is 0. The number of rotatable bonds is 7. The van der Waals surface area contributed by atoms with E-state index in [1.165, 1.54) is 24.0 Å². The van der Waals surface area contributed by atoms with E-state index >= 15 is 0 Å². The molecule has 118 valence electrons. The first kappa shape index (κ1) is 15.3. The van der Waals surface area contributed by atoms with Gasteiger partial charge in [0.2, 0.25) is 0 Å². The summed E-state index contributed by atoms with van der Waals surface area (Å²) in [5.74, 6) is 0. The molecule has 22 heavy (non-hydrogen) atoms. The first-order valence-corrected chi connectivity index (χ1v) is 8.17. The monoisotopic (exact) mass is 299 g/mol. The van der Waals surface area contributed by atoms with Gasteiger partial charge in [-0.2, -0.15) is 5.10 Å². The lowest BCUT2D eigenvalue weighted by molar-refractivity contribution is 0.0689. The van der Waals surface area contributed by atoms with Crippen molar-refractivity contribution in [2.24, 2.45) is 0 Å². The summed E-state index contributed by atoms with van der Waals surface area (Å²) >= 11 is 0. The molecule has 1 aromatic heterocycles. The van der Waals surface area contributed by atoms with Crippen molar-refractivity contribution in [2.75, 3.05) is 19.7 Å². The van der Waals surface area contributed by atoms with E-state index < -0.39 is 0 Å². The second-order valence-corrected chi connectivity index (χ2v) is 6.07. The smallest absolute Gasteiger partial charge is 0.0702 e. The predicted molar refractivity (Wildman–Crippen MR) is 87.7 cm³/mol.